The Kier molecular flexibility index (Phi) is 3.93. The SMILES string of the molecule is CC(=O)Nc1ncc(SC(C)(C)C(=O)O)s1. The Morgan fingerprint density at radius 2 is 2.19 bits per heavy atom. The maximum atomic E-state index is 10.9. The van der Waals surface area contributed by atoms with E-state index in [0.717, 1.165) is 4.21 Å². The fourth-order valence-corrected chi connectivity index (χ4v) is 3.13. The quantitative estimate of drug-likeness (QED) is 0.810. The zero-order valence-corrected chi connectivity index (χ0v) is 10.7. The van der Waals surface area contributed by atoms with Crippen LogP contribution in [-0.4, -0.2) is 26.7 Å². The summed E-state index contributed by atoms with van der Waals surface area (Å²) in [6.45, 7) is 4.64. The predicted molar refractivity (Wildman–Crippen MR) is 64.0 cm³/mol. The largest absolute Gasteiger partial charge is 0.480 e. The van der Waals surface area contributed by atoms with Crippen LogP contribution >= 0.6 is 23.1 Å². The van der Waals surface area contributed by atoms with Crippen molar-refractivity contribution >= 4 is 40.1 Å². The first-order valence-electron chi connectivity index (χ1n) is 4.47. The Morgan fingerprint density at radius 3 is 2.69 bits per heavy atom. The fourth-order valence-electron chi connectivity index (χ4n) is 0.810. The number of nitrogens with zero attached hydrogens (tertiary/aromatic N) is 1. The minimum Gasteiger partial charge on any atom is -0.480 e. The average Bonchev–Trinajstić information content (AvgIpc) is 2.50. The lowest BCUT2D eigenvalue weighted by molar-refractivity contribution is -0.138. The normalized spacial score (nSPS) is 11.2. The lowest BCUT2D eigenvalue weighted by Gasteiger charge is -2.16. The van der Waals surface area contributed by atoms with E-state index in [0.29, 0.717) is 5.13 Å². The molecule has 0 saturated carbocycles. The minimum absolute atomic E-state index is 0.191. The predicted octanol–water partition coefficient (Wildman–Crippen LogP) is 2.06. The third-order valence-corrected chi connectivity index (χ3v) is 3.84. The summed E-state index contributed by atoms with van der Waals surface area (Å²) in [5.41, 5.74) is 0. The molecule has 0 aliphatic carbocycles. The number of thioether (sulfide) groups is 1. The molecule has 0 radical (unpaired) electrons. The van der Waals surface area contributed by atoms with Crippen LogP contribution in [0.1, 0.15) is 20.8 Å². The molecule has 0 aromatic carbocycles. The molecule has 16 heavy (non-hydrogen) atoms. The van der Waals surface area contributed by atoms with E-state index in [2.05, 4.69) is 10.3 Å². The van der Waals surface area contributed by atoms with Crippen molar-refractivity contribution in [1.29, 1.82) is 0 Å². The molecule has 5 nitrogen and oxygen atoms in total. The lowest BCUT2D eigenvalue weighted by Crippen LogP contribution is -2.26. The van der Waals surface area contributed by atoms with Crippen LogP contribution < -0.4 is 5.32 Å². The molecule has 0 fully saturated rings. The van der Waals surface area contributed by atoms with E-state index < -0.39 is 10.7 Å². The number of aliphatic carboxylic acids is 1. The standard InChI is InChI=1S/C9H12N2O3S2/c1-5(12)11-8-10-4-6(15-8)16-9(2,3)7(13)14/h4H,1-3H3,(H,13,14)(H,10,11,12). The number of anilines is 1. The molecule has 0 aliphatic heterocycles. The molecular weight excluding hydrogens is 248 g/mol. The van der Waals surface area contributed by atoms with E-state index >= 15 is 0 Å². The van der Waals surface area contributed by atoms with Gasteiger partial charge in [0.15, 0.2) is 5.13 Å². The van der Waals surface area contributed by atoms with Gasteiger partial charge in [0.05, 0.1) is 10.4 Å². The highest BCUT2D eigenvalue weighted by atomic mass is 32.2. The molecule has 2 N–H and O–H groups in total. The third-order valence-electron chi connectivity index (χ3n) is 1.64. The van der Waals surface area contributed by atoms with E-state index in [9.17, 15) is 9.59 Å². The second kappa shape index (κ2) is 4.84. The molecule has 0 atom stereocenters. The molecule has 0 aliphatic rings. The van der Waals surface area contributed by atoms with Gasteiger partial charge >= 0.3 is 5.97 Å². The van der Waals surface area contributed by atoms with Crippen molar-refractivity contribution in [1.82, 2.24) is 4.98 Å². The topological polar surface area (TPSA) is 79.3 Å². The van der Waals surface area contributed by atoms with Gasteiger partial charge in [0.25, 0.3) is 0 Å². The highest BCUT2D eigenvalue weighted by molar-refractivity contribution is 8.03. The summed E-state index contributed by atoms with van der Waals surface area (Å²) in [4.78, 5) is 25.6. The first kappa shape index (κ1) is 13.0. The molecule has 1 rings (SSSR count). The van der Waals surface area contributed by atoms with Crippen molar-refractivity contribution in [2.24, 2.45) is 0 Å². The number of aromatic nitrogens is 1. The molecule has 7 heteroatoms. The van der Waals surface area contributed by atoms with Crippen molar-refractivity contribution < 1.29 is 14.7 Å². The Hall–Kier alpha value is -1.08. The number of amides is 1. The zero-order chi connectivity index (χ0) is 12.3. The van der Waals surface area contributed by atoms with E-state index in [-0.39, 0.29) is 5.91 Å². The van der Waals surface area contributed by atoms with Gasteiger partial charge in [-0.15, -0.1) is 0 Å². The maximum absolute atomic E-state index is 10.9. The van der Waals surface area contributed by atoms with Gasteiger partial charge < -0.3 is 10.4 Å². The lowest BCUT2D eigenvalue weighted by atomic mass is 10.2. The van der Waals surface area contributed by atoms with Gasteiger partial charge in [-0.3, -0.25) is 9.59 Å². The second-order valence-electron chi connectivity index (χ2n) is 3.58. The van der Waals surface area contributed by atoms with Gasteiger partial charge in [0.1, 0.15) is 4.75 Å². The van der Waals surface area contributed by atoms with Crippen LogP contribution in [0.15, 0.2) is 10.4 Å². The Morgan fingerprint density at radius 1 is 1.56 bits per heavy atom. The first-order chi connectivity index (χ1) is 7.31. The number of rotatable bonds is 4. The van der Waals surface area contributed by atoms with Gasteiger partial charge in [-0.05, 0) is 13.8 Å². The van der Waals surface area contributed by atoms with Crippen LogP contribution in [0.5, 0.6) is 0 Å². The summed E-state index contributed by atoms with van der Waals surface area (Å²) < 4.78 is -0.142. The molecular formula is C9H12N2O3S2. The van der Waals surface area contributed by atoms with Crippen LogP contribution in [0.4, 0.5) is 5.13 Å². The molecule has 1 aromatic rings. The Balaban J connectivity index is 2.72. The molecule has 1 aromatic heterocycles. The monoisotopic (exact) mass is 260 g/mol. The van der Waals surface area contributed by atoms with Gasteiger partial charge in [-0.2, -0.15) is 0 Å². The van der Waals surface area contributed by atoms with Gasteiger partial charge in [0.2, 0.25) is 5.91 Å². The van der Waals surface area contributed by atoms with Crippen LogP contribution in [0.25, 0.3) is 0 Å². The van der Waals surface area contributed by atoms with Crippen LogP contribution in [0, 0.1) is 0 Å². The second-order valence-corrected chi connectivity index (χ2v) is 6.54. The molecule has 0 saturated heterocycles. The molecule has 0 unspecified atom stereocenters. The smallest absolute Gasteiger partial charge is 0.319 e. The Bertz CT molecular complexity index is 415. The number of hydrogen-bond acceptors (Lipinski definition) is 5. The molecule has 0 spiro atoms. The molecule has 88 valence electrons. The van der Waals surface area contributed by atoms with Crippen molar-refractivity contribution in [3.8, 4) is 0 Å². The van der Waals surface area contributed by atoms with Crippen molar-refractivity contribution in [3.63, 3.8) is 0 Å². The number of carbonyl (C=O) groups excluding carboxylic acids is 1. The average molecular weight is 260 g/mol. The van der Waals surface area contributed by atoms with E-state index in [4.69, 9.17) is 5.11 Å². The summed E-state index contributed by atoms with van der Waals surface area (Å²) >= 11 is 2.47. The third kappa shape index (κ3) is 3.49. The highest BCUT2D eigenvalue weighted by Gasteiger charge is 2.29. The van der Waals surface area contributed by atoms with Crippen LogP contribution in [-0.2, 0) is 9.59 Å². The van der Waals surface area contributed by atoms with Gasteiger partial charge in [0, 0.05) is 6.92 Å². The fraction of sp³-hybridized carbons (Fsp3) is 0.444. The van der Waals surface area contributed by atoms with E-state index in [1.165, 1.54) is 30.0 Å². The number of nitrogens with one attached hydrogen (secondary N) is 1. The molecule has 0 bridgehead atoms. The number of carboxylic acids is 1. The molecule has 1 heterocycles. The number of thiazole rings is 1. The summed E-state index contributed by atoms with van der Waals surface area (Å²) in [6.07, 6.45) is 1.56. The maximum Gasteiger partial charge on any atom is 0.319 e. The zero-order valence-electron chi connectivity index (χ0n) is 9.10. The van der Waals surface area contributed by atoms with Crippen LogP contribution in [0.2, 0.25) is 0 Å². The van der Waals surface area contributed by atoms with Crippen LogP contribution in [0.3, 0.4) is 0 Å². The van der Waals surface area contributed by atoms with Crippen molar-refractivity contribution in [2.45, 2.75) is 29.7 Å². The van der Waals surface area contributed by atoms with E-state index in [1.54, 1.807) is 20.0 Å². The highest BCUT2D eigenvalue weighted by Crippen LogP contribution is 2.37. The van der Waals surface area contributed by atoms with E-state index in [1.807, 2.05) is 0 Å². The summed E-state index contributed by atoms with van der Waals surface area (Å²) in [7, 11) is 0. The first-order valence-corrected chi connectivity index (χ1v) is 6.10. The van der Waals surface area contributed by atoms with Crippen molar-refractivity contribution in [3.05, 3.63) is 6.20 Å². The summed E-state index contributed by atoms with van der Waals surface area (Å²) in [6, 6.07) is 0. The number of carboxylic acid groups (broad SMARTS) is 1. The Labute approximate surface area is 101 Å². The minimum atomic E-state index is -0.903. The summed E-state index contributed by atoms with van der Waals surface area (Å²) in [5.74, 6) is -1.07. The number of carbonyl (C=O) groups is 2. The molecule has 1 amide bonds. The number of hydrogen-bond donors (Lipinski definition) is 2. The summed E-state index contributed by atoms with van der Waals surface area (Å²) in [5, 5.41) is 12.0. The van der Waals surface area contributed by atoms with Gasteiger partial charge in [-0.1, -0.05) is 23.1 Å². The van der Waals surface area contributed by atoms with Gasteiger partial charge in [-0.25, -0.2) is 4.98 Å². The van der Waals surface area contributed by atoms with Crippen molar-refractivity contribution in [2.75, 3.05) is 5.32 Å².